The minimum Gasteiger partial charge on any atom is -0.350 e. The molecule has 2 amide bonds. The van der Waals surface area contributed by atoms with Gasteiger partial charge in [-0.2, -0.15) is 0 Å². The van der Waals surface area contributed by atoms with E-state index in [0.29, 0.717) is 36.4 Å². The van der Waals surface area contributed by atoms with Crippen LogP contribution in [0.2, 0.25) is 0 Å². The van der Waals surface area contributed by atoms with Gasteiger partial charge in [-0.15, -0.1) is 12.4 Å². The van der Waals surface area contributed by atoms with Crippen molar-refractivity contribution in [1.82, 2.24) is 15.5 Å². The average molecular weight is 420 g/mol. The van der Waals surface area contributed by atoms with Crippen molar-refractivity contribution in [3.63, 3.8) is 0 Å². The van der Waals surface area contributed by atoms with Crippen LogP contribution >= 0.6 is 12.4 Å². The molecule has 1 aromatic rings. The first-order valence-corrected chi connectivity index (χ1v) is 10.7. The lowest BCUT2D eigenvalue weighted by Crippen LogP contribution is -2.66. The van der Waals surface area contributed by atoms with Gasteiger partial charge in [0.15, 0.2) is 0 Å². The fourth-order valence-electron chi connectivity index (χ4n) is 5.32. The van der Waals surface area contributed by atoms with Crippen LogP contribution in [0, 0.1) is 11.8 Å². The maximum absolute atomic E-state index is 12.7. The molecule has 1 aromatic carbocycles. The highest BCUT2D eigenvalue weighted by molar-refractivity contribution is 5.94. The molecule has 2 bridgehead atoms. The highest BCUT2D eigenvalue weighted by Gasteiger charge is 2.47. The van der Waals surface area contributed by atoms with E-state index in [1.807, 2.05) is 24.3 Å². The standard InChI is InChI=1S/C23H33N3O2.ClH/c1-23(2,3)18-9-7-15(8-10-18)22(28)25-14-20-17-11-16(12-24-13-17)19-5-4-6-21(27)26(19)20;/h7-10,16-17,19-20,24H,4-6,11-14H2,1-3H3,(H,25,28);1H/t16-,17+,19+,20+;/m1./s1. The third-order valence-electron chi connectivity index (χ3n) is 6.88. The lowest BCUT2D eigenvalue weighted by atomic mass is 9.72. The van der Waals surface area contributed by atoms with Gasteiger partial charge in [-0.3, -0.25) is 9.59 Å². The summed E-state index contributed by atoms with van der Waals surface area (Å²) < 4.78 is 0. The summed E-state index contributed by atoms with van der Waals surface area (Å²) in [5, 5.41) is 6.68. The Kier molecular flexibility index (Phi) is 6.59. The summed E-state index contributed by atoms with van der Waals surface area (Å²) in [4.78, 5) is 27.6. The molecule has 0 unspecified atom stereocenters. The van der Waals surface area contributed by atoms with Crippen LogP contribution in [0.15, 0.2) is 24.3 Å². The van der Waals surface area contributed by atoms with Crippen LogP contribution in [0.5, 0.6) is 0 Å². The number of amides is 2. The van der Waals surface area contributed by atoms with E-state index >= 15 is 0 Å². The van der Waals surface area contributed by atoms with Crippen LogP contribution in [0.1, 0.15) is 62.4 Å². The summed E-state index contributed by atoms with van der Waals surface area (Å²) in [6.07, 6.45) is 3.92. The molecule has 3 saturated heterocycles. The summed E-state index contributed by atoms with van der Waals surface area (Å²) in [5.41, 5.74) is 1.98. The Morgan fingerprint density at radius 1 is 1.17 bits per heavy atom. The zero-order chi connectivity index (χ0) is 19.9. The van der Waals surface area contributed by atoms with Gasteiger partial charge >= 0.3 is 0 Å². The number of hydrogen-bond donors (Lipinski definition) is 2. The lowest BCUT2D eigenvalue weighted by Gasteiger charge is -2.54. The summed E-state index contributed by atoms with van der Waals surface area (Å²) in [5.74, 6) is 1.23. The first-order valence-electron chi connectivity index (χ1n) is 10.7. The number of nitrogens with zero attached hydrogens (tertiary/aromatic N) is 1. The van der Waals surface area contributed by atoms with E-state index in [4.69, 9.17) is 0 Å². The van der Waals surface area contributed by atoms with Crippen LogP contribution < -0.4 is 10.6 Å². The summed E-state index contributed by atoms with van der Waals surface area (Å²) in [6.45, 7) is 9.01. The van der Waals surface area contributed by atoms with Crippen LogP contribution in [-0.4, -0.2) is 48.4 Å². The minimum atomic E-state index is -0.0487. The molecule has 2 N–H and O–H groups in total. The van der Waals surface area contributed by atoms with Crippen LogP contribution in [0.25, 0.3) is 0 Å². The van der Waals surface area contributed by atoms with Gasteiger partial charge in [-0.1, -0.05) is 32.9 Å². The molecule has 0 radical (unpaired) electrons. The van der Waals surface area contributed by atoms with E-state index in [1.165, 1.54) is 12.0 Å². The van der Waals surface area contributed by atoms with Gasteiger partial charge < -0.3 is 15.5 Å². The molecular weight excluding hydrogens is 386 g/mol. The molecule has 0 aromatic heterocycles. The van der Waals surface area contributed by atoms with Crippen molar-refractivity contribution in [3.8, 4) is 0 Å². The Balaban J connectivity index is 0.00000240. The highest BCUT2D eigenvalue weighted by Crippen LogP contribution is 2.39. The predicted molar refractivity (Wildman–Crippen MR) is 117 cm³/mol. The second-order valence-electron chi connectivity index (χ2n) is 9.78. The molecule has 3 heterocycles. The van der Waals surface area contributed by atoms with Gasteiger partial charge in [0.25, 0.3) is 5.91 Å². The number of fused-ring (bicyclic) bond motifs is 4. The maximum atomic E-state index is 12.7. The average Bonchev–Trinajstić information content (AvgIpc) is 2.68. The molecule has 0 spiro atoms. The highest BCUT2D eigenvalue weighted by atomic mass is 35.5. The van der Waals surface area contributed by atoms with E-state index < -0.39 is 0 Å². The Labute approximate surface area is 180 Å². The van der Waals surface area contributed by atoms with Gasteiger partial charge in [-0.05, 0) is 60.8 Å². The van der Waals surface area contributed by atoms with Crippen molar-refractivity contribution >= 4 is 24.2 Å². The molecule has 29 heavy (non-hydrogen) atoms. The van der Waals surface area contributed by atoms with Crippen LogP contribution in [0.4, 0.5) is 0 Å². The molecule has 6 heteroatoms. The molecule has 5 nitrogen and oxygen atoms in total. The summed E-state index contributed by atoms with van der Waals surface area (Å²) in [7, 11) is 0. The Morgan fingerprint density at radius 3 is 2.55 bits per heavy atom. The first kappa shape index (κ1) is 22.1. The van der Waals surface area contributed by atoms with Gasteiger partial charge in [0.2, 0.25) is 5.91 Å². The summed E-state index contributed by atoms with van der Waals surface area (Å²) in [6, 6.07) is 8.34. The third kappa shape index (κ3) is 4.46. The van der Waals surface area contributed by atoms with Crippen LogP contribution in [0.3, 0.4) is 0 Å². The van der Waals surface area contributed by atoms with Crippen LogP contribution in [-0.2, 0) is 10.2 Å². The van der Waals surface area contributed by atoms with Gasteiger partial charge in [-0.25, -0.2) is 0 Å². The molecule has 3 aliphatic heterocycles. The lowest BCUT2D eigenvalue weighted by molar-refractivity contribution is -0.148. The summed E-state index contributed by atoms with van der Waals surface area (Å²) >= 11 is 0. The monoisotopic (exact) mass is 419 g/mol. The van der Waals surface area contributed by atoms with Crippen molar-refractivity contribution in [2.24, 2.45) is 11.8 Å². The SMILES string of the molecule is CC(C)(C)c1ccc(C(=O)NC[C@H]2[C@@H]3CNC[C@@H](C3)[C@@H]3CCCC(=O)N32)cc1.Cl. The molecule has 0 saturated carbocycles. The molecule has 4 rings (SSSR count). The third-order valence-corrected chi connectivity index (χ3v) is 6.88. The molecular formula is C23H34ClN3O2. The number of benzene rings is 1. The number of carbonyl (C=O) groups excluding carboxylic acids is 2. The van der Waals surface area contributed by atoms with E-state index in [0.717, 1.165) is 25.9 Å². The number of rotatable bonds is 3. The number of carbonyl (C=O) groups is 2. The van der Waals surface area contributed by atoms with E-state index in [2.05, 4.69) is 36.3 Å². The van der Waals surface area contributed by atoms with Crippen molar-refractivity contribution in [2.45, 2.75) is 64.0 Å². The predicted octanol–water partition coefficient (Wildman–Crippen LogP) is 3.12. The first-order chi connectivity index (χ1) is 13.3. The van der Waals surface area contributed by atoms with E-state index in [9.17, 15) is 9.59 Å². The van der Waals surface area contributed by atoms with E-state index in [-0.39, 0.29) is 35.7 Å². The minimum absolute atomic E-state index is 0. The molecule has 0 aliphatic carbocycles. The number of nitrogens with one attached hydrogen (secondary N) is 2. The van der Waals surface area contributed by atoms with Crippen molar-refractivity contribution < 1.29 is 9.59 Å². The second kappa shape index (κ2) is 8.65. The second-order valence-corrected chi connectivity index (χ2v) is 9.78. The van der Waals surface area contributed by atoms with Gasteiger partial charge in [0.05, 0.1) is 6.04 Å². The van der Waals surface area contributed by atoms with Crippen molar-refractivity contribution in [1.29, 1.82) is 0 Å². The maximum Gasteiger partial charge on any atom is 0.251 e. The quantitative estimate of drug-likeness (QED) is 0.791. The number of hydrogen-bond acceptors (Lipinski definition) is 3. The van der Waals surface area contributed by atoms with E-state index in [1.54, 1.807) is 0 Å². The van der Waals surface area contributed by atoms with Gasteiger partial charge in [0.1, 0.15) is 0 Å². The Hall–Kier alpha value is -1.59. The molecule has 3 aliphatic rings. The zero-order valence-electron chi connectivity index (χ0n) is 17.7. The van der Waals surface area contributed by atoms with Gasteiger partial charge in [0, 0.05) is 31.1 Å². The fraction of sp³-hybridized carbons (Fsp3) is 0.652. The number of halogens is 1. The smallest absolute Gasteiger partial charge is 0.251 e. The topological polar surface area (TPSA) is 61.4 Å². The fourth-order valence-corrected chi connectivity index (χ4v) is 5.32. The Bertz CT molecular complexity index is 743. The largest absolute Gasteiger partial charge is 0.350 e. The number of piperidine rings is 3. The normalized spacial score (nSPS) is 28.9. The Morgan fingerprint density at radius 2 is 1.86 bits per heavy atom. The van der Waals surface area contributed by atoms with Crippen molar-refractivity contribution in [2.75, 3.05) is 19.6 Å². The zero-order valence-corrected chi connectivity index (χ0v) is 18.6. The molecule has 160 valence electrons. The van der Waals surface area contributed by atoms with Crippen molar-refractivity contribution in [3.05, 3.63) is 35.4 Å². The molecule has 3 fully saturated rings. The molecule has 4 atom stereocenters.